The van der Waals surface area contributed by atoms with Crippen LogP contribution in [0.2, 0.25) is 0 Å². The summed E-state index contributed by atoms with van der Waals surface area (Å²) in [6.07, 6.45) is 2.59. The van der Waals surface area contributed by atoms with Crippen molar-refractivity contribution in [2.45, 2.75) is 33.3 Å². The number of ether oxygens (including phenoxy) is 1. The lowest BCUT2D eigenvalue weighted by molar-refractivity contribution is 0.0634. The average Bonchev–Trinajstić information content (AvgIpc) is 3.01. The number of carboxylic acids is 1. The van der Waals surface area contributed by atoms with Crippen LogP contribution >= 0.6 is 0 Å². The predicted molar refractivity (Wildman–Crippen MR) is 100 cm³/mol. The molecule has 0 spiro atoms. The topological polar surface area (TPSA) is 106 Å². The molecule has 0 aliphatic carbocycles. The predicted octanol–water partition coefficient (Wildman–Crippen LogP) is 3.77. The maximum atomic E-state index is 11.9. The highest BCUT2D eigenvalue weighted by atomic mass is 16.6. The summed E-state index contributed by atoms with van der Waals surface area (Å²) < 4.78 is 6.82. The number of nitrogens with one attached hydrogen (secondary N) is 1. The third kappa shape index (κ3) is 4.05. The number of carboxylic acid groups (broad SMARTS) is 1. The van der Waals surface area contributed by atoms with Crippen LogP contribution in [0.15, 0.2) is 36.7 Å². The summed E-state index contributed by atoms with van der Waals surface area (Å²) in [5, 5.41) is 16.8. The van der Waals surface area contributed by atoms with Crippen molar-refractivity contribution in [2.75, 3.05) is 5.32 Å². The Hall–Kier alpha value is -3.42. The van der Waals surface area contributed by atoms with Crippen LogP contribution in [0.4, 0.5) is 10.5 Å². The van der Waals surface area contributed by atoms with E-state index in [0.717, 1.165) is 16.6 Å². The Labute approximate surface area is 155 Å². The first-order chi connectivity index (χ1) is 12.6. The van der Waals surface area contributed by atoms with Crippen molar-refractivity contribution in [3.8, 4) is 5.69 Å². The van der Waals surface area contributed by atoms with Gasteiger partial charge in [-0.2, -0.15) is 5.10 Å². The van der Waals surface area contributed by atoms with Gasteiger partial charge in [-0.3, -0.25) is 5.32 Å². The van der Waals surface area contributed by atoms with Crippen molar-refractivity contribution in [2.24, 2.45) is 0 Å². The lowest BCUT2D eigenvalue weighted by Gasteiger charge is -2.19. The van der Waals surface area contributed by atoms with E-state index in [0.29, 0.717) is 11.2 Å². The van der Waals surface area contributed by atoms with E-state index in [1.807, 2.05) is 19.1 Å². The molecule has 0 saturated heterocycles. The van der Waals surface area contributed by atoms with Gasteiger partial charge in [0.05, 0.1) is 29.3 Å². The molecular formula is C19H20N4O4. The fourth-order valence-electron chi connectivity index (χ4n) is 2.60. The minimum absolute atomic E-state index is 0.0181. The normalized spacial score (nSPS) is 11.4. The number of carbonyl (C=O) groups excluding carboxylic acids is 1. The monoisotopic (exact) mass is 368 g/mol. The lowest BCUT2D eigenvalue weighted by Crippen LogP contribution is -2.27. The van der Waals surface area contributed by atoms with Crippen LogP contribution in [-0.2, 0) is 4.74 Å². The average molecular weight is 368 g/mol. The lowest BCUT2D eigenvalue weighted by atomic mass is 10.1. The molecule has 0 atom stereocenters. The number of aromatic carboxylic acids is 1. The van der Waals surface area contributed by atoms with Crippen molar-refractivity contribution in [1.29, 1.82) is 0 Å². The molecule has 140 valence electrons. The Balaban J connectivity index is 1.95. The van der Waals surface area contributed by atoms with E-state index in [1.54, 1.807) is 37.7 Å². The minimum atomic E-state index is -1.08. The molecule has 1 amide bonds. The van der Waals surface area contributed by atoms with Crippen LogP contribution < -0.4 is 5.32 Å². The molecule has 8 nitrogen and oxygen atoms in total. The molecule has 0 aliphatic heterocycles. The third-order valence-electron chi connectivity index (χ3n) is 3.73. The van der Waals surface area contributed by atoms with Gasteiger partial charge in [-0.05, 0) is 51.5 Å². The molecule has 0 fully saturated rings. The molecule has 3 rings (SSSR count). The van der Waals surface area contributed by atoms with E-state index in [-0.39, 0.29) is 5.69 Å². The minimum Gasteiger partial charge on any atom is -0.477 e. The SMILES string of the molecule is Cc1ccc(-n2cc(NC(=O)OC(C)(C)C)cn2)c2ccc(C(=O)O)nc12. The molecule has 0 aliphatic rings. The van der Waals surface area contributed by atoms with Gasteiger partial charge in [0.25, 0.3) is 0 Å². The van der Waals surface area contributed by atoms with Gasteiger partial charge in [-0.25, -0.2) is 19.3 Å². The maximum Gasteiger partial charge on any atom is 0.412 e. The van der Waals surface area contributed by atoms with Crippen molar-refractivity contribution < 1.29 is 19.4 Å². The van der Waals surface area contributed by atoms with E-state index in [2.05, 4.69) is 15.4 Å². The van der Waals surface area contributed by atoms with Gasteiger partial charge < -0.3 is 9.84 Å². The van der Waals surface area contributed by atoms with Crippen LogP contribution in [0.3, 0.4) is 0 Å². The van der Waals surface area contributed by atoms with Gasteiger partial charge in [0.2, 0.25) is 0 Å². The van der Waals surface area contributed by atoms with Crippen molar-refractivity contribution >= 4 is 28.7 Å². The number of hydrogen-bond donors (Lipinski definition) is 2. The zero-order chi connectivity index (χ0) is 19.8. The van der Waals surface area contributed by atoms with E-state index in [1.165, 1.54) is 12.3 Å². The Morgan fingerprint density at radius 1 is 1.19 bits per heavy atom. The molecule has 0 unspecified atom stereocenters. The summed E-state index contributed by atoms with van der Waals surface area (Å²) >= 11 is 0. The molecule has 8 heteroatoms. The maximum absolute atomic E-state index is 11.9. The van der Waals surface area contributed by atoms with Crippen molar-refractivity contribution in [1.82, 2.24) is 14.8 Å². The van der Waals surface area contributed by atoms with E-state index >= 15 is 0 Å². The van der Waals surface area contributed by atoms with Crippen molar-refractivity contribution in [3.63, 3.8) is 0 Å². The molecule has 27 heavy (non-hydrogen) atoms. The highest BCUT2D eigenvalue weighted by Crippen LogP contribution is 2.25. The summed E-state index contributed by atoms with van der Waals surface area (Å²) in [5.41, 5.74) is 2.03. The first kappa shape index (κ1) is 18.4. The summed E-state index contributed by atoms with van der Waals surface area (Å²) in [6.45, 7) is 7.22. The van der Waals surface area contributed by atoms with Crippen LogP contribution in [0.5, 0.6) is 0 Å². The Kier molecular flexibility index (Phi) is 4.57. The Bertz CT molecular complexity index is 1030. The second kappa shape index (κ2) is 6.71. The first-order valence-electron chi connectivity index (χ1n) is 8.33. The highest BCUT2D eigenvalue weighted by Gasteiger charge is 2.17. The summed E-state index contributed by atoms with van der Waals surface area (Å²) in [4.78, 5) is 27.3. The third-order valence-corrected chi connectivity index (χ3v) is 3.73. The van der Waals surface area contributed by atoms with Gasteiger partial charge >= 0.3 is 12.1 Å². The number of aryl methyl sites for hydroxylation is 1. The van der Waals surface area contributed by atoms with E-state index < -0.39 is 17.7 Å². The van der Waals surface area contributed by atoms with Gasteiger partial charge in [-0.1, -0.05) is 6.07 Å². The summed E-state index contributed by atoms with van der Waals surface area (Å²) in [5.74, 6) is -1.08. The van der Waals surface area contributed by atoms with E-state index in [4.69, 9.17) is 9.84 Å². The molecule has 1 aromatic carbocycles. The van der Waals surface area contributed by atoms with Crippen LogP contribution in [0, 0.1) is 6.92 Å². The quantitative estimate of drug-likeness (QED) is 0.729. The smallest absolute Gasteiger partial charge is 0.412 e. The number of fused-ring (bicyclic) bond motifs is 1. The zero-order valence-corrected chi connectivity index (χ0v) is 15.5. The molecule has 0 bridgehead atoms. The molecular weight excluding hydrogens is 348 g/mol. The fraction of sp³-hybridized carbons (Fsp3) is 0.263. The fourth-order valence-corrected chi connectivity index (χ4v) is 2.60. The zero-order valence-electron chi connectivity index (χ0n) is 15.5. The highest BCUT2D eigenvalue weighted by molar-refractivity contribution is 5.94. The van der Waals surface area contributed by atoms with Crippen molar-refractivity contribution in [3.05, 3.63) is 47.9 Å². The number of amides is 1. The number of anilines is 1. The first-order valence-corrected chi connectivity index (χ1v) is 8.33. The second-order valence-corrected chi connectivity index (χ2v) is 7.10. The summed E-state index contributed by atoms with van der Waals surface area (Å²) in [6, 6.07) is 6.87. The number of aromatic nitrogens is 3. The number of pyridine rings is 1. The molecule has 0 radical (unpaired) electrons. The number of rotatable bonds is 3. The summed E-state index contributed by atoms with van der Waals surface area (Å²) in [7, 11) is 0. The number of carbonyl (C=O) groups is 2. The van der Waals surface area contributed by atoms with Crippen LogP contribution in [0.1, 0.15) is 36.8 Å². The molecule has 2 heterocycles. The van der Waals surface area contributed by atoms with Gasteiger partial charge in [-0.15, -0.1) is 0 Å². The second-order valence-electron chi connectivity index (χ2n) is 7.10. The Morgan fingerprint density at radius 2 is 1.93 bits per heavy atom. The molecule has 2 N–H and O–H groups in total. The number of nitrogens with zero attached hydrogens (tertiary/aromatic N) is 3. The van der Waals surface area contributed by atoms with Crippen LogP contribution in [-0.4, -0.2) is 37.5 Å². The van der Waals surface area contributed by atoms with Gasteiger partial charge in [0.15, 0.2) is 0 Å². The van der Waals surface area contributed by atoms with Gasteiger partial charge in [0, 0.05) is 5.39 Å². The number of hydrogen-bond acceptors (Lipinski definition) is 5. The largest absolute Gasteiger partial charge is 0.477 e. The number of benzene rings is 1. The molecule has 3 aromatic rings. The van der Waals surface area contributed by atoms with E-state index in [9.17, 15) is 9.59 Å². The van der Waals surface area contributed by atoms with Gasteiger partial charge in [0.1, 0.15) is 11.3 Å². The molecule has 0 saturated carbocycles. The van der Waals surface area contributed by atoms with Crippen LogP contribution in [0.25, 0.3) is 16.6 Å². The molecule has 2 aromatic heterocycles. The Morgan fingerprint density at radius 3 is 2.59 bits per heavy atom. The standard InChI is InChI=1S/C19H20N4O4/c1-11-5-8-15(13-6-7-14(17(24)25)22-16(11)13)23-10-12(9-20-23)21-18(26)27-19(2,3)4/h5-10H,1-4H3,(H,21,26)(H,24,25).